The van der Waals surface area contributed by atoms with Crippen LogP contribution in [0.15, 0.2) is 6.07 Å². The Morgan fingerprint density at radius 2 is 2.12 bits per heavy atom. The van der Waals surface area contributed by atoms with Gasteiger partial charge < -0.3 is 5.73 Å². The molecule has 96 valence electrons. The van der Waals surface area contributed by atoms with Gasteiger partial charge in [0.05, 0.1) is 5.69 Å². The fourth-order valence-corrected chi connectivity index (χ4v) is 2.88. The Kier molecular flexibility index (Phi) is 4.21. The van der Waals surface area contributed by atoms with Crippen LogP contribution in [0.2, 0.25) is 0 Å². The molecule has 1 saturated carbocycles. The van der Waals surface area contributed by atoms with E-state index in [-0.39, 0.29) is 0 Å². The molecule has 1 aliphatic rings. The molecule has 1 fully saturated rings. The molecule has 2 atom stereocenters. The second-order valence-electron chi connectivity index (χ2n) is 5.21. The third-order valence-electron chi connectivity index (χ3n) is 4.01. The van der Waals surface area contributed by atoms with E-state index in [4.69, 9.17) is 5.73 Å². The maximum Gasteiger partial charge on any atom is 0.0624 e. The zero-order valence-electron chi connectivity index (χ0n) is 11.2. The van der Waals surface area contributed by atoms with Crippen LogP contribution < -0.4 is 5.73 Å². The summed E-state index contributed by atoms with van der Waals surface area (Å²) in [6.07, 6.45) is 7.28. The lowest BCUT2D eigenvalue weighted by Gasteiger charge is -2.28. The number of hydrogen-bond acceptors (Lipinski definition) is 2. The van der Waals surface area contributed by atoms with Crippen LogP contribution in [0.25, 0.3) is 0 Å². The van der Waals surface area contributed by atoms with Crippen LogP contribution in [0.1, 0.15) is 50.9 Å². The molecule has 0 bridgehead atoms. The standard InChI is InChI=1S/C14H25N3/c1-3-12-10-13(17(4-2)16-12)9-11-7-5-6-8-14(11)15/h10-11,14H,3-9,15H2,1-2H3. The number of nitrogens with two attached hydrogens (primary N) is 1. The molecule has 0 saturated heterocycles. The minimum Gasteiger partial charge on any atom is -0.327 e. The Morgan fingerprint density at radius 1 is 1.35 bits per heavy atom. The van der Waals surface area contributed by atoms with Crippen LogP contribution in [0.5, 0.6) is 0 Å². The average Bonchev–Trinajstić information content (AvgIpc) is 2.74. The van der Waals surface area contributed by atoms with Crippen molar-refractivity contribution in [3.05, 3.63) is 17.5 Å². The summed E-state index contributed by atoms with van der Waals surface area (Å²) in [5, 5.41) is 4.61. The molecule has 2 unspecified atom stereocenters. The molecule has 0 spiro atoms. The van der Waals surface area contributed by atoms with Gasteiger partial charge in [0.1, 0.15) is 0 Å². The summed E-state index contributed by atoms with van der Waals surface area (Å²) in [6, 6.07) is 2.67. The van der Waals surface area contributed by atoms with E-state index in [1.54, 1.807) is 0 Å². The Balaban J connectivity index is 2.08. The SMILES string of the molecule is CCc1cc(CC2CCCCC2N)n(CC)n1. The van der Waals surface area contributed by atoms with E-state index in [9.17, 15) is 0 Å². The first-order valence-electron chi connectivity index (χ1n) is 7.05. The van der Waals surface area contributed by atoms with Crippen LogP contribution >= 0.6 is 0 Å². The third-order valence-corrected chi connectivity index (χ3v) is 4.01. The normalized spacial score (nSPS) is 25.1. The molecule has 0 aliphatic heterocycles. The summed E-state index contributed by atoms with van der Waals surface area (Å²) < 4.78 is 2.15. The van der Waals surface area contributed by atoms with Crippen LogP contribution in [-0.4, -0.2) is 15.8 Å². The number of hydrogen-bond donors (Lipinski definition) is 1. The van der Waals surface area contributed by atoms with Crippen LogP contribution in [-0.2, 0) is 19.4 Å². The lowest BCUT2D eigenvalue weighted by atomic mass is 9.82. The minimum absolute atomic E-state index is 0.397. The Bertz CT molecular complexity index is 356. The first-order valence-corrected chi connectivity index (χ1v) is 7.05. The first-order chi connectivity index (χ1) is 8.24. The lowest BCUT2D eigenvalue weighted by Crippen LogP contribution is -2.34. The maximum atomic E-state index is 6.23. The van der Waals surface area contributed by atoms with Crippen molar-refractivity contribution in [2.75, 3.05) is 0 Å². The minimum atomic E-state index is 0.397. The molecule has 1 aromatic heterocycles. The van der Waals surface area contributed by atoms with Crippen molar-refractivity contribution in [2.24, 2.45) is 11.7 Å². The Hall–Kier alpha value is -0.830. The van der Waals surface area contributed by atoms with Crippen molar-refractivity contribution >= 4 is 0 Å². The predicted octanol–water partition coefficient (Wildman–Crippen LogP) is 2.53. The van der Waals surface area contributed by atoms with Gasteiger partial charge in [0, 0.05) is 18.3 Å². The van der Waals surface area contributed by atoms with Crippen molar-refractivity contribution < 1.29 is 0 Å². The second kappa shape index (κ2) is 5.67. The van der Waals surface area contributed by atoms with Gasteiger partial charge in [-0.25, -0.2) is 0 Å². The molecule has 1 heterocycles. The van der Waals surface area contributed by atoms with Crippen molar-refractivity contribution in [3.63, 3.8) is 0 Å². The van der Waals surface area contributed by atoms with E-state index < -0.39 is 0 Å². The summed E-state index contributed by atoms with van der Waals surface area (Å²) in [7, 11) is 0. The smallest absolute Gasteiger partial charge is 0.0624 e. The molecule has 3 nitrogen and oxygen atoms in total. The van der Waals surface area contributed by atoms with Gasteiger partial charge in [0.2, 0.25) is 0 Å². The molecule has 0 amide bonds. The molecule has 1 aromatic rings. The average molecular weight is 235 g/mol. The highest BCUT2D eigenvalue weighted by Gasteiger charge is 2.23. The van der Waals surface area contributed by atoms with E-state index in [0.29, 0.717) is 12.0 Å². The number of aryl methyl sites for hydroxylation is 2. The molecular weight excluding hydrogens is 210 g/mol. The second-order valence-corrected chi connectivity index (χ2v) is 5.21. The van der Waals surface area contributed by atoms with Gasteiger partial charge in [-0.05, 0) is 44.6 Å². The van der Waals surface area contributed by atoms with Crippen molar-refractivity contribution in [2.45, 2.75) is 65.0 Å². The summed E-state index contributed by atoms with van der Waals surface area (Å²) in [5.74, 6) is 0.662. The molecule has 17 heavy (non-hydrogen) atoms. The van der Waals surface area contributed by atoms with Crippen LogP contribution in [0, 0.1) is 5.92 Å². The zero-order chi connectivity index (χ0) is 12.3. The van der Waals surface area contributed by atoms with Crippen molar-refractivity contribution in [1.29, 1.82) is 0 Å². The molecule has 3 heteroatoms. The van der Waals surface area contributed by atoms with E-state index in [1.807, 2.05) is 0 Å². The highest BCUT2D eigenvalue weighted by molar-refractivity contribution is 5.12. The van der Waals surface area contributed by atoms with Gasteiger partial charge >= 0.3 is 0 Å². The van der Waals surface area contributed by atoms with E-state index >= 15 is 0 Å². The number of aromatic nitrogens is 2. The molecule has 1 aliphatic carbocycles. The van der Waals surface area contributed by atoms with Gasteiger partial charge in [0.25, 0.3) is 0 Å². The van der Waals surface area contributed by atoms with Gasteiger partial charge in [0.15, 0.2) is 0 Å². The quantitative estimate of drug-likeness (QED) is 0.871. The largest absolute Gasteiger partial charge is 0.327 e. The van der Waals surface area contributed by atoms with Gasteiger partial charge in [-0.1, -0.05) is 19.8 Å². The monoisotopic (exact) mass is 235 g/mol. The number of nitrogens with zero attached hydrogens (tertiary/aromatic N) is 2. The number of rotatable bonds is 4. The fourth-order valence-electron chi connectivity index (χ4n) is 2.88. The first kappa shape index (κ1) is 12.6. The molecule has 0 radical (unpaired) electrons. The summed E-state index contributed by atoms with van der Waals surface area (Å²) >= 11 is 0. The fraction of sp³-hybridized carbons (Fsp3) is 0.786. The van der Waals surface area contributed by atoms with Gasteiger partial charge in [-0.2, -0.15) is 5.10 Å². The summed E-state index contributed by atoms with van der Waals surface area (Å²) in [4.78, 5) is 0. The summed E-state index contributed by atoms with van der Waals surface area (Å²) in [6.45, 7) is 5.30. The van der Waals surface area contributed by atoms with Crippen molar-refractivity contribution in [3.8, 4) is 0 Å². The summed E-state index contributed by atoms with van der Waals surface area (Å²) in [5.41, 5.74) is 8.82. The van der Waals surface area contributed by atoms with E-state index in [1.165, 1.54) is 37.1 Å². The molecular formula is C14H25N3. The third kappa shape index (κ3) is 2.89. The van der Waals surface area contributed by atoms with Crippen LogP contribution in [0.4, 0.5) is 0 Å². The zero-order valence-corrected chi connectivity index (χ0v) is 11.2. The highest BCUT2D eigenvalue weighted by Crippen LogP contribution is 2.26. The highest BCUT2D eigenvalue weighted by atomic mass is 15.3. The van der Waals surface area contributed by atoms with Crippen molar-refractivity contribution in [1.82, 2.24) is 9.78 Å². The lowest BCUT2D eigenvalue weighted by molar-refractivity contribution is 0.301. The Labute approximate surface area is 104 Å². The van der Waals surface area contributed by atoms with E-state index in [2.05, 4.69) is 29.7 Å². The van der Waals surface area contributed by atoms with E-state index in [0.717, 1.165) is 19.4 Å². The molecule has 2 N–H and O–H groups in total. The molecule has 0 aromatic carbocycles. The maximum absolute atomic E-state index is 6.23. The molecule has 2 rings (SSSR count). The predicted molar refractivity (Wildman–Crippen MR) is 70.9 cm³/mol. The van der Waals surface area contributed by atoms with Crippen LogP contribution in [0.3, 0.4) is 0 Å². The topological polar surface area (TPSA) is 43.8 Å². The van der Waals surface area contributed by atoms with Gasteiger partial charge in [-0.15, -0.1) is 0 Å². The van der Waals surface area contributed by atoms with Gasteiger partial charge in [-0.3, -0.25) is 4.68 Å². The Morgan fingerprint density at radius 3 is 2.76 bits per heavy atom.